The van der Waals surface area contributed by atoms with E-state index in [2.05, 4.69) is 5.32 Å². The van der Waals surface area contributed by atoms with E-state index in [1.807, 2.05) is 0 Å². The van der Waals surface area contributed by atoms with E-state index in [0.29, 0.717) is 16.3 Å². The first-order valence-corrected chi connectivity index (χ1v) is 9.19. The Bertz CT molecular complexity index is 597. The number of ether oxygens (including phenoxy) is 2. The summed E-state index contributed by atoms with van der Waals surface area (Å²) in [5.41, 5.74) is 0.636. The van der Waals surface area contributed by atoms with Crippen LogP contribution in [0.2, 0.25) is 5.02 Å². The number of methoxy groups -OCH3 is 1. The minimum absolute atomic E-state index is 0.00474. The first kappa shape index (κ1) is 19.6. The molecule has 1 fully saturated rings. The molecule has 1 aromatic carbocycles. The molecule has 1 aliphatic carbocycles. The molecule has 6 heteroatoms. The van der Waals surface area contributed by atoms with Crippen LogP contribution in [0.5, 0.6) is 5.75 Å². The summed E-state index contributed by atoms with van der Waals surface area (Å²) in [5, 5.41) is 3.51. The lowest BCUT2D eigenvalue weighted by Crippen LogP contribution is -2.42. The molecule has 1 saturated carbocycles. The molecule has 0 radical (unpaired) electrons. The molecule has 5 nitrogen and oxygen atoms in total. The normalized spacial score (nSPS) is 16.6. The number of nitrogens with one attached hydrogen (secondary N) is 1. The summed E-state index contributed by atoms with van der Waals surface area (Å²) in [6, 6.07) is 5.24. The minimum atomic E-state index is -0.819. The number of rotatable bonds is 6. The van der Waals surface area contributed by atoms with E-state index in [1.165, 1.54) is 20.0 Å². The number of hydrogen-bond donors (Lipinski definition) is 1. The Balaban J connectivity index is 1.86. The van der Waals surface area contributed by atoms with E-state index in [4.69, 9.17) is 21.1 Å². The fourth-order valence-corrected chi connectivity index (χ4v) is 3.27. The standard InChI is InChI=1S/C19H26ClNO4/c1-13(19(23)21-16-7-5-3-4-6-8-16)25-18(22)12-14-11-15(20)9-10-17(14)24-2/h9-11,13,16H,3-8,12H2,1-2H3,(H,21,23)/t13-/m1/s1. The van der Waals surface area contributed by atoms with Crippen molar-refractivity contribution in [3.8, 4) is 5.75 Å². The molecular formula is C19H26ClNO4. The van der Waals surface area contributed by atoms with Crippen molar-refractivity contribution in [2.75, 3.05) is 7.11 Å². The van der Waals surface area contributed by atoms with E-state index < -0.39 is 12.1 Å². The van der Waals surface area contributed by atoms with Gasteiger partial charge in [0.05, 0.1) is 13.5 Å². The Morgan fingerprint density at radius 3 is 2.56 bits per heavy atom. The molecule has 0 unspecified atom stereocenters. The molecule has 1 aliphatic rings. The maximum atomic E-state index is 12.3. The minimum Gasteiger partial charge on any atom is -0.496 e. The largest absolute Gasteiger partial charge is 0.496 e. The van der Waals surface area contributed by atoms with Crippen LogP contribution in [0.4, 0.5) is 0 Å². The molecule has 1 atom stereocenters. The molecule has 0 spiro atoms. The Morgan fingerprint density at radius 1 is 1.24 bits per heavy atom. The Hall–Kier alpha value is -1.75. The zero-order valence-corrected chi connectivity index (χ0v) is 15.6. The van der Waals surface area contributed by atoms with Crippen molar-refractivity contribution in [2.45, 2.75) is 64.0 Å². The molecule has 1 amide bonds. The van der Waals surface area contributed by atoms with Crippen molar-refractivity contribution >= 4 is 23.5 Å². The van der Waals surface area contributed by atoms with Gasteiger partial charge in [0.25, 0.3) is 5.91 Å². The fraction of sp³-hybridized carbons (Fsp3) is 0.579. The van der Waals surface area contributed by atoms with E-state index in [9.17, 15) is 9.59 Å². The second-order valence-corrected chi connectivity index (χ2v) is 6.90. The van der Waals surface area contributed by atoms with E-state index in [0.717, 1.165) is 25.7 Å². The van der Waals surface area contributed by atoms with Gasteiger partial charge in [-0.2, -0.15) is 0 Å². The van der Waals surface area contributed by atoms with E-state index >= 15 is 0 Å². The quantitative estimate of drug-likeness (QED) is 0.615. The molecule has 25 heavy (non-hydrogen) atoms. The van der Waals surface area contributed by atoms with Gasteiger partial charge in [-0.15, -0.1) is 0 Å². The van der Waals surface area contributed by atoms with Gasteiger partial charge >= 0.3 is 5.97 Å². The molecule has 1 aromatic rings. The fourth-order valence-electron chi connectivity index (χ4n) is 3.08. The van der Waals surface area contributed by atoms with Crippen molar-refractivity contribution in [3.05, 3.63) is 28.8 Å². The van der Waals surface area contributed by atoms with Crippen LogP contribution in [-0.4, -0.2) is 31.1 Å². The summed E-state index contributed by atoms with van der Waals surface area (Å²) in [4.78, 5) is 24.4. The third-order valence-corrected chi connectivity index (χ3v) is 4.69. The van der Waals surface area contributed by atoms with Gasteiger partial charge in [0, 0.05) is 16.6 Å². The van der Waals surface area contributed by atoms with Crippen molar-refractivity contribution in [3.63, 3.8) is 0 Å². The van der Waals surface area contributed by atoms with Crippen LogP contribution >= 0.6 is 11.6 Å². The molecule has 138 valence electrons. The lowest BCUT2D eigenvalue weighted by Gasteiger charge is -2.20. The summed E-state index contributed by atoms with van der Waals surface area (Å²) in [5.74, 6) is -0.153. The van der Waals surface area contributed by atoms with Gasteiger partial charge in [0.2, 0.25) is 0 Å². The highest BCUT2D eigenvalue weighted by molar-refractivity contribution is 6.30. The Morgan fingerprint density at radius 2 is 1.92 bits per heavy atom. The predicted molar refractivity (Wildman–Crippen MR) is 96.9 cm³/mol. The van der Waals surface area contributed by atoms with Gasteiger partial charge in [-0.25, -0.2) is 0 Å². The first-order valence-electron chi connectivity index (χ1n) is 8.82. The van der Waals surface area contributed by atoms with Crippen LogP contribution in [0.25, 0.3) is 0 Å². The average molecular weight is 368 g/mol. The van der Waals surface area contributed by atoms with Crippen molar-refractivity contribution < 1.29 is 19.1 Å². The number of hydrogen-bond acceptors (Lipinski definition) is 4. The molecule has 2 rings (SSSR count). The van der Waals surface area contributed by atoms with Crippen LogP contribution in [0.3, 0.4) is 0 Å². The molecule has 0 saturated heterocycles. The zero-order valence-electron chi connectivity index (χ0n) is 14.8. The highest BCUT2D eigenvalue weighted by atomic mass is 35.5. The third-order valence-electron chi connectivity index (χ3n) is 4.46. The second-order valence-electron chi connectivity index (χ2n) is 6.46. The van der Waals surface area contributed by atoms with Gasteiger partial charge in [0.1, 0.15) is 5.75 Å². The monoisotopic (exact) mass is 367 g/mol. The van der Waals surface area contributed by atoms with Crippen molar-refractivity contribution in [1.82, 2.24) is 5.32 Å². The smallest absolute Gasteiger partial charge is 0.311 e. The number of esters is 1. The van der Waals surface area contributed by atoms with Crippen LogP contribution < -0.4 is 10.1 Å². The topological polar surface area (TPSA) is 64.6 Å². The van der Waals surface area contributed by atoms with Crippen LogP contribution in [0.15, 0.2) is 18.2 Å². The second kappa shape index (κ2) is 9.66. The molecular weight excluding hydrogens is 342 g/mol. The maximum absolute atomic E-state index is 12.3. The molecule has 0 aliphatic heterocycles. The van der Waals surface area contributed by atoms with E-state index in [1.54, 1.807) is 25.1 Å². The van der Waals surface area contributed by atoms with Gasteiger partial charge in [-0.1, -0.05) is 37.3 Å². The maximum Gasteiger partial charge on any atom is 0.311 e. The summed E-state index contributed by atoms with van der Waals surface area (Å²) < 4.78 is 10.5. The lowest BCUT2D eigenvalue weighted by molar-refractivity contribution is -0.154. The van der Waals surface area contributed by atoms with Gasteiger partial charge in [-0.05, 0) is 38.0 Å². The van der Waals surface area contributed by atoms with Gasteiger partial charge < -0.3 is 14.8 Å². The van der Waals surface area contributed by atoms with Crippen molar-refractivity contribution in [1.29, 1.82) is 0 Å². The summed E-state index contributed by atoms with van der Waals surface area (Å²) in [6.07, 6.45) is 5.88. The predicted octanol–water partition coefficient (Wildman–Crippen LogP) is 3.66. The molecule has 1 N–H and O–H groups in total. The number of benzene rings is 1. The summed E-state index contributed by atoms with van der Waals surface area (Å²) >= 11 is 5.96. The molecule has 0 aromatic heterocycles. The highest BCUT2D eigenvalue weighted by Gasteiger charge is 2.22. The average Bonchev–Trinajstić information content (AvgIpc) is 2.83. The Labute approximate surface area is 154 Å². The Kier molecular flexibility index (Phi) is 7.56. The number of halogens is 1. The summed E-state index contributed by atoms with van der Waals surface area (Å²) in [6.45, 7) is 1.60. The molecule has 0 heterocycles. The third kappa shape index (κ3) is 6.24. The van der Waals surface area contributed by atoms with Crippen LogP contribution in [0, 0.1) is 0 Å². The summed E-state index contributed by atoms with van der Waals surface area (Å²) in [7, 11) is 1.53. The highest BCUT2D eigenvalue weighted by Crippen LogP contribution is 2.23. The van der Waals surface area contributed by atoms with Gasteiger partial charge in [-0.3, -0.25) is 9.59 Å². The number of carbonyl (C=O) groups is 2. The zero-order chi connectivity index (χ0) is 18.2. The van der Waals surface area contributed by atoms with E-state index in [-0.39, 0.29) is 18.4 Å². The lowest BCUT2D eigenvalue weighted by atomic mass is 10.1. The molecule has 0 bridgehead atoms. The van der Waals surface area contributed by atoms with Crippen molar-refractivity contribution in [2.24, 2.45) is 0 Å². The van der Waals surface area contributed by atoms with Gasteiger partial charge in [0.15, 0.2) is 6.10 Å². The number of amides is 1. The number of carbonyl (C=O) groups excluding carboxylic acids is 2. The van der Waals surface area contributed by atoms with Crippen LogP contribution in [0.1, 0.15) is 51.0 Å². The van der Waals surface area contributed by atoms with Crippen LogP contribution in [-0.2, 0) is 20.7 Å². The SMILES string of the molecule is COc1ccc(Cl)cc1CC(=O)O[C@H](C)C(=O)NC1CCCCCC1. The first-order chi connectivity index (χ1) is 12.0.